The van der Waals surface area contributed by atoms with Gasteiger partial charge in [-0.25, -0.2) is 4.79 Å². The second-order valence-corrected chi connectivity index (χ2v) is 6.79. The number of benzene rings is 1. The quantitative estimate of drug-likeness (QED) is 0.666. The molecule has 2 aliphatic heterocycles. The zero-order valence-electron chi connectivity index (χ0n) is 14.6. The second kappa shape index (κ2) is 7.79. The predicted octanol–water partition coefficient (Wildman–Crippen LogP) is 1.84. The number of nitrogens with zero attached hydrogens (tertiary/aromatic N) is 4. The van der Waals surface area contributed by atoms with Crippen LogP contribution in [0.4, 0.5) is 16.2 Å². The van der Waals surface area contributed by atoms with Crippen molar-refractivity contribution >= 4 is 17.4 Å². The largest absolute Gasteiger partial charge is 0.324 e. The van der Waals surface area contributed by atoms with Gasteiger partial charge in [-0.1, -0.05) is 0 Å². The minimum Gasteiger partial charge on any atom is -0.324 e. The summed E-state index contributed by atoms with van der Waals surface area (Å²) >= 11 is 0. The SMILES string of the molecule is CN1CCN(C2CCN(C(=O)Nc3ccc([N+](=O)[O-])cc3)CC2)CC1. The minimum atomic E-state index is -0.450. The normalized spacial score (nSPS) is 20.4. The summed E-state index contributed by atoms with van der Waals surface area (Å²) in [5.41, 5.74) is 0.600. The van der Waals surface area contributed by atoms with Crippen molar-refractivity contribution in [3.8, 4) is 0 Å². The molecular weight excluding hydrogens is 322 g/mol. The van der Waals surface area contributed by atoms with Crippen LogP contribution in [-0.4, -0.2) is 78.0 Å². The van der Waals surface area contributed by atoms with Crippen molar-refractivity contribution in [3.05, 3.63) is 34.4 Å². The number of likely N-dealkylation sites (N-methyl/N-ethyl adjacent to an activating group) is 1. The van der Waals surface area contributed by atoms with Crippen LogP contribution < -0.4 is 5.32 Å². The highest BCUT2D eigenvalue weighted by Gasteiger charge is 2.28. The summed E-state index contributed by atoms with van der Waals surface area (Å²) in [6.45, 7) is 5.93. The summed E-state index contributed by atoms with van der Waals surface area (Å²) in [6, 6.07) is 6.35. The minimum absolute atomic E-state index is 0.0194. The maximum atomic E-state index is 12.4. The molecule has 8 nitrogen and oxygen atoms in total. The number of likely N-dealkylation sites (tertiary alicyclic amines) is 1. The molecule has 1 aromatic rings. The summed E-state index contributed by atoms with van der Waals surface area (Å²) in [4.78, 5) is 29.3. The van der Waals surface area contributed by atoms with Crippen molar-refractivity contribution < 1.29 is 9.72 Å². The number of amides is 2. The Bertz CT molecular complexity index is 605. The molecule has 0 saturated carbocycles. The molecule has 2 heterocycles. The maximum Gasteiger partial charge on any atom is 0.321 e. The fourth-order valence-electron chi connectivity index (χ4n) is 3.49. The second-order valence-electron chi connectivity index (χ2n) is 6.79. The van der Waals surface area contributed by atoms with Crippen LogP contribution >= 0.6 is 0 Å². The highest BCUT2D eigenvalue weighted by atomic mass is 16.6. The van der Waals surface area contributed by atoms with Gasteiger partial charge in [-0.05, 0) is 32.0 Å². The van der Waals surface area contributed by atoms with E-state index in [1.54, 1.807) is 12.1 Å². The first-order chi connectivity index (χ1) is 12.0. The van der Waals surface area contributed by atoms with E-state index in [-0.39, 0.29) is 11.7 Å². The zero-order chi connectivity index (χ0) is 17.8. The van der Waals surface area contributed by atoms with Crippen LogP contribution in [-0.2, 0) is 0 Å². The van der Waals surface area contributed by atoms with Gasteiger partial charge in [0.05, 0.1) is 4.92 Å². The highest BCUT2D eigenvalue weighted by Crippen LogP contribution is 2.20. The van der Waals surface area contributed by atoms with E-state index >= 15 is 0 Å². The van der Waals surface area contributed by atoms with Crippen molar-refractivity contribution in [1.29, 1.82) is 0 Å². The fourth-order valence-corrected chi connectivity index (χ4v) is 3.49. The first-order valence-electron chi connectivity index (χ1n) is 8.76. The number of anilines is 1. The van der Waals surface area contributed by atoms with Crippen LogP contribution in [0.2, 0.25) is 0 Å². The first-order valence-corrected chi connectivity index (χ1v) is 8.76. The number of non-ortho nitro benzene ring substituents is 1. The van der Waals surface area contributed by atoms with Gasteiger partial charge >= 0.3 is 6.03 Å². The molecule has 2 aliphatic rings. The van der Waals surface area contributed by atoms with Crippen molar-refractivity contribution in [1.82, 2.24) is 14.7 Å². The molecule has 0 spiro atoms. The molecular formula is C17H25N5O3. The number of rotatable bonds is 3. The Kier molecular flexibility index (Phi) is 5.50. The lowest BCUT2D eigenvalue weighted by Crippen LogP contribution is -2.53. The van der Waals surface area contributed by atoms with Crippen molar-refractivity contribution in [2.24, 2.45) is 0 Å². The van der Waals surface area contributed by atoms with Gasteiger partial charge in [-0.2, -0.15) is 0 Å². The van der Waals surface area contributed by atoms with Crippen LogP contribution in [0.1, 0.15) is 12.8 Å². The number of carbonyl (C=O) groups excluding carboxylic acids is 1. The molecule has 0 atom stereocenters. The lowest BCUT2D eigenvalue weighted by atomic mass is 10.0. The highest BCUT2D eigenvalue weighted by molar-refractivity contribution is 5.89. The number of hydrogen-bond acceptors (Lipinski definition) is 5. The number of carbonyl (C=O) groups is 1. The van der Waals surface area contributed by atoms with Gasteiger partial charge in [0, 0.05) is 63.1 Å². The number of nitro benzene ring substituents is 1. The zero-order valence-corrected chi connectivity index (χ0v) is 14.6. The van der Waals surface area contributed by atoms with Crippen LogP contribution in [0, 0.1) is 10.1 Å². The predicted molar refractivity (Wildman–Crippen MR) is 95.8 cm³/mol. The third-order valence-corrected chi connectivity index (χ3v) is 5.14. The molecule has 2 fully saturated rings. The molecule has 2 saturated heterocycles. The molecule has 0 bridgehead atoms. The fraction of sp³-hybridized carbons (Fsp3) is 0.588. The van der Waals surface area contributed by atoms with Gasteiger partial charge in [-0.15, -0.1) is 0 Å². The van der Waals surface area contributed by atoms with Crippen molar-refractivity contribution in [3.63, 3.8) is 0 Å². The Morgan fingerprint density at radius 2 is 1.68 bits per heavy atom. The van der Waals surface area contributed by atoms with E-state index < -0.39 is 4.92 Å². The summed E-state index contributed by atoms with van der Waals surface area (Å²) in [6.07, 6.45) is 1.99. The monoisotopic (exact) mass is 347 g/mol. The topological polar surface area (TPSA) is 82.0 Å². The van der Waals surface area contributed by atoms with Gasteiger partial charge in [-0.3, -0.25) is 15.0 Å². The van der Waals surface area contributed by atoms with Gasteiger partial charge in [0.25, 0.3) is 5.69 Å². The average molecular weight is 347 g/mol. The summed E-state index contributed by atoms with van der Waals surface area (Å²) in [5, 5.41) is 13.5. The van der Waals surface area contributed by atoms with Gasteiger partial charge in [0.2, 0.25) is 0 Å². The molecule has 136 valence electrons. The molecule has 8 heteroatoms. The maximum absolute atomic E-state index is 12.4. The summed E-state index contributed by atoms with van der Waals surface area (Å²) in [5.74, 6) is 0. The molecule has 0 unspecified atom stereocenters. The molecule has 0 radical (unpaired) electrons. The van der Waals surface area contributed by atoms with Gasteiger partial charge < -0.3 is 15.1 Å². The molecule has 0 aliphatic carbocycles. The van der Waals surface area contributed by atoms with Crippen LogP contribution in [0.15, 0.2) is 24.3 Å². The third-order valence-electron chi connectivity index (χ3n) is 5.14. The molecule has 1 aromatic carbocycles. The molecule has 1 N–H and O–H groups in total. The van der Waals surface area contributed by atoms with E-state index in [9.17, 15) is 14.9 Å². The Balaban J connectivity index is 1.47. The molecule has 3 rings (SSSR count). The lowest BCUT2D eigenvalue weighted by molar-refractivity contribution is -0.384. The van der Waals surface area contributed by atoms with E-state index in [1.807, 2.05) is 4.90 Å². The number of nitro groups is 1. The Morgan fingerprint density at radius 3 is 2.24 bits per heavy atom. The average Bonchev–Trinajstić information content (AvgIpc) is 2.63. The number of urea groups is 1. The summed E-state index contributed by atoms with van der Waals surface area (Å²) < 4.78 is 0. The van der Waals surface area contributed by atoms with E-state index in [0.717, 1.165) is 52.1 Å². The Hall–Kier alpha value is -2.19. The Morgan fingerprint density at radius 1 is 1.08 bits per heavy atom. The molecule has 0 aromatic heterocycles. The lowest BCUT2D eigenvalue weighted by Gasteiger charge is -2.42. The van der Waals surface area contributed by atoms with Crippen LogP contribution in [0.5, 0.6) is 0 Å². The number of piperazine rings is 1. The van der Waals surface area contributed by atoms with E-state index in [1.165, 1.54) is 12.1 Å². The Labute approximate surface area is 147 Å². The first kappa shape index (κ1) is 17.6. The van der Waals surface area contributed by atoms with Gasteiger partial charge in [0.15, 0.2) is 0 Å². The van der Waals surface area contributed by atoms with Gasteiger partial charge in [0.1, 0.15) is 0 Å². The smallest absolute Gasteiger partial charge is 0.321 e. The van der Waals surface area contributed by atoms with Crippen molar-refractivity contribution in [2.75, 3.05) is 51.6 Å². The molecule has 2 amide bonds. The summed E-state index contributed by atoms with van der Waals surface area (Å²) in [7, 11) is 2.16. The van der Waals surface area contributed by atoms with Crippen LogP contribution in [0.3, 0.4) is 0 Å². The standard InChI is InChI=1S/C17H25N5O3/c1-19-10-12-20(13-11-19)15-6-8-21(9-7-15)17(23)18-14-2-4-16(5-3-14)22(24)25/h2-5,15H,6-13H2,1H3,(H,18,23). The van der Waals surface area contributed by atoms with Crippen molar-refractivity contribution in [2.45, 2.75) is 18.9 Å². The number of hydrogen-bond donors (Lipinski definition) is 1. The third kappa shape index (κ3) is 4.46. The van der Waals surface area contributed by atoms with E-state index in [0.29, 0.717) is 11.7 Å². The van der Waals surface area contributed by atoms with E-state index in [4.69, 9.17) is 0 Å². The van der Waals surface area contributed by atoms with Crippen LogP contribution in [0.25, 0.3) is 0 Å². The molecule has 25 heavy (non-hydrogen) atoms. The number of nitrogens with one attached hydrogen (secondary N) is 1. The van der Waals surface area contributed by atoms with E-state index in [2.05, 4.69) is 22.2 Å². The number of piperidine rings is 1.